The normalized spacial score (nSPS) is 16.0. The van der Waals surface area contributed by atoms with Gasteiger partial charge in [0.15, 0.2) is 5.82 Å². The number of ether oxygens (including phenoxy) is 3. The first-order valence-electron chi connectivity index (χ1n) is 13.6. The fraction of sp³-hybridized carbons (Fsp3) is 0.290. The number of amides is 2. The van der Waals surface area contributed by atoms with Crippen LogP contribution in [0.4, 0.5) is 0 Å². The van der Waals surface area contributed by atoms with E-state index in [0.29, 0.717) is 18.3 Å². The van der Waals surface area contributed by atoms with E-state index in [-0.39, 0.29) is 25.2 Å². The van der Waals surface area contributed by atoms with Gasteiger partial charge < -0.3 is 25.3 Å². The van der Waals surface area contributed by atoms with E-state index in [1.165, 1.54) is 5.56 Å². The zero-order valence-corrected chi connectivity index (χ0v) is 22.9. The van der Waals surface area contributed by atoms with Crippen LogP contribution in [0.1, 0.15) is 46.8 Å². The predicted molar refractivity (Wildman–Crippen MR) is 150 cm³/mol. The van der Waals surface area contributed by atoms with Crippen molar-refractivity contribution in [3.8, 4) is 22.8 Å². The average molecular weight is 554 g/mol. The molecule has 0 bridgehead atoms. The van der Waals surface area contributed by atoms with Crippen molar-refractivity contribution in [1.29, 1.82) is 0 Å². The quantitative estimate of drug-likeness (QED) is 0.341. The lowest BCUT2D eigenvalue weighted by atomic mass is 9.97. The monoisotopic (exact) mass is 553 g/mol. The predicted octanol–water partition coefficient (Wildman–Crippen LogP) is 3.52. The van der Waals surface area contributed by atoms with Crippen molar-refractivity contribution in [1.82, 2.24) is 20.1 Å². The molecular weight excluding hydrogens is 522 g/mol. The molecule has 1 saturated heterocycles. The highest BCUT2D eigenvalue weighted by Gasteiger charge is 2.51. The zero-order chi connectivity index (χ0) is 28.6. The number of hydrogen-bond acceptors (Lipinski definition) is 7. The van der Waals surface area contributed by atoms with Crippen LogP contribution >= 0.6 is 0 Å². The summed E-state index contributed by atoms with van der Waals surface area (Å²) in [6, 6.07) is 18.0. The number of aromatic nitrogens is 3. The first-order valence-corrected chi connectivity index (χ1v) is 13.6. The van der Waals surface area contributed by atoms with Crippen LogP contribution in [0.3, 0.4) is 0 Å². The third-order valence-corrected chi connectivity index (χ3v) is 7.45. The molecule has 41 heavy (non-hydrogen) atoms. The van der Waals surface area contributed by atoms with Crippen LogP contribution in [0.25, 0.3) is 17.1 Å². The summed E-state index contributed by atoms with van der Waals surface area (Å²) >= 11 is 0. The largest absolute Gasteiger partial charge is 0.488 e. The summed E-state index contributed by atoms with van der Waals surface area (Å²) < 4.78 is 19.1. The highest BCUT2D eigenvalue weighted by molar-refractivity contribution is 5.98. The van der Waals surface area contributed by atoms with Gasteiger partial charge in [-0.15, -0.1) is 0 Å². The molecule has 2 aromatic heterocycles. The van der Waals surface area contributed by atoms with Crippen molar-refractivity contribution in [3.05, 3.63) is 95.3 Å². The molecule has 1 unspecified atom stereocenters. The van der Waals surface area contributed by atoms with E-state index >= 15 is 0 Å². The number of benzene rings is 2. The fourth-order valence-electron chi connectivity index (χ4n) is 5.29. The molecule has 2 aromatic carbocycles. The van der Waals surface area contributed by atoms with Gasteiger partial charge in [-0.3, -0.25) is 9.59 Å². The van der Waals surface area contributed by atoms with E-state index in [4.69, 9.17) is 25.0 Å². The molecule has 6 rings (SSSR count). The Labute approximate surface area is 237 Å². The van der Waals surface area contributed by atoms with E-state index in [1.807, 2.05) is 42.6 Å². The Bertz CT molecular complexity index is 1590. The second-order valence-electron chi connectivity index (χ2n) is 10.5. The molecule has 1 atom stereocenters. The number of hydrogen-bond donors (Lipinski definition) is 2. The molecule has 2 aliphatic heterocycles. The molecule has 10 nitrogen and oxygen atoms in total. The van der Waals surface area contributed by atoms with E-state index in [2.05, 4.69) is 36.3 Å². The van der Waals surface area contributed by atoms with Gasteiger partial charge in [-0.25, -0.2) is 9.67 Å². The van der Waals surface area contributed by atoms with Crippen molar-refractivity contribution in [2.75, 3.05) is 13.2 Å². The van der Waals surface area contributed by atoms with E-state index in [9.17, 15) is 9.59 Å². The van der Waals surface area contributed by atoms with Crippen LogP contribution in [0.5, 0.6) is 5.75 Å². The van der Waals surface area contributed by atoms with Crippen molar-refractivity contribution >= 4 is 11.8 Å². The molecule has 2 amide bonds. The first-order chi connectivity index (χ1) is 19.9. The molecule has 4 heterocycles. The van der Waals surface area contributed by atoms with Gasteiger partial charge in [0.2, 0.25) is 0 Å². The topological polar surface area (TPSA) is 131 Å². The van der Waals surface area contributed by atoms with Crippen molar-refractivity contribution in [2.45, 2.75) is 44.6 Å². The minimum atomic E-state index is -1.80. The maximum absolute atomic E-state index is 13.8. The van der Waals surface area contributed by atoms with Gasteiger partial charge in [-0.1, -0.05) is 50.2 Å². The molecule has 10 heteroatoms. The molecule has 3 N–H and O–H groups in total. The van der Waals surface area contributed by atoms with Gasteiger partial charge in [-0.2, -0.15) is 5.10 Å². The fourth-order valence-corrected chi connectivity index (χ4v) is 5.29. The third-order valence-electron chi connectivity index (χ3n) is 7.45. The molecule has 0 aliphatic carbocycles. The Hall–Kier alpha value is -4.54. The Balaban J connectivity index is 1.35. The highest BCUT2D eigenvalue weighted by atomic mass is 16.7. The van der Waals surface area contributed by atoms with E-state index in [1.54, 1.807) is 23.0 Å². The number of carbonyl (C=O) groups is 2. The zero-order valence-electron chi connectivity index (χ0n) is 22.9. The van der Waals surface area contributed by atoms with Crippen molar-refractivity contribution < 1.29 is 23.8 Å². The number of carbonyl (C=O) groups excluding carboxylic acids is 2. The summed E-state index contributed by atoms with van der Waals surface area (Å²) in [6.07, 6.45) is 3.69. The molecule has 0 spiro atoms. The number of nitrogens with one attached hydrogen (secondary N) is 1. The summed E-state index contributed by atoms with van der Waals surface area (Å²) in [5.74, 6) is -1.63. The maximum atomic E-state index is 13.8. The van der Waals surface area contributed by atoms with Crippen molar-refractivity contribution in [2.24, 2.45) is 5.73 Å². The van der Waals surface area contributed by atoms with Crippen LogP contribution in [-0.4, -0.2) is 51.6 Å². The average Bonchev–Trinajstić information content (AvgIpc) is 3.66. The summed E-state index contributed by atoms with van der Waals surface area (Å²) in [5.41, 5.74) is 10.7. The van der Waals surface area contributed by atoms with Gasteiger partial charge >= 0.3 is 0 Å². The smallest absolute Gasteiger partial charge is 0.280 e. The van der Waals surface area contributed by atoms with Gasteiger partial charge in [0.05, 0.1) is 24.8 Å². The minimum absolute atomic E-state index is 0.184. The lowest BCUT2D eigenvalue weighted by Gasteiger charge is -2.33. The summed E-state index contributed by atoms with van der Waals surface area (Å²) in [4.78, 5) is 31.0. The van der Waals surface area contributed by atoms with Crippen LogP contribution < -0.4 is 15.8 Å². The lowest BCUT2D eigenvalue weighted by Crippen LogP contribution is -2.61. The number of pyridine rings is 1. The standard InChI is InChI=1S/C31H31N5O5/c1-19(2)21-10-11-25-24(16-21)27-22(18-39-25)17-36(35-27)28-23(9-6-12-33-28)29(37)34-26(15-20-7-4-3-5-8-20)31(30(32)38)40-13-14-41-31/h3-12,16-17,19,26H,13-15,18H2,1-2H3,(H2,32,38)(H,34,37). The van der Waals surface area contributed by atoms with Gasteiger partial charge in [0.1, 0.15) is 18.1 Å². The number of nitrogens with zero attached hydrogens (tertiary/aromatic N) is 3. The SMILES string of the molecule is CC(C)c1ccc2c(c1)-c1nn(-c3ncccc3C(=O)NC(Cc3ccccc3)C3(C(N)=O)OCCO3)cc1CO2. The number of primary amides is 1. The number of rotatable bonds is 8. The summed E-state index contributed by atoms with van der Waals surface area (Å²) in [6.45, 7) is 5.00. The van der Waals surface area contributed by atoms with Crippen molar-refractivity contribution in [3.63, 3.8) is 0 Å². The molecule has 0 radical (unpaired) electrons. The highest BCUT2D eigenvalue weighted by Crippen LogP contribution is 2.38. The Morgan fingerprint density at radius 1 is 1.07 bits per heavy atom. The molecular formula is C31H31N5O5. The summed E-state index contributed by atoms with van der Waals surface area (Å²) in [5, 5.41) is 7.80. The summed E-state index contributed by atoms with van der Waals surface area (Å²) in [7, 11) is 0. The van der Waals surface area contributed by atoms with Crippen LogP contribution in [0.15, 0.2) is 73.1 Å². The van der Waals surface area contributed by atoms with Crippen LogP contribution in [-0.2, 0) is 27.3 Å². The van der Waals surface area contributed by atoms with Gasteiger partial charge in [0, 0.05) is 23.5 Å². The maximum Gasteiger partial charge on any atom is 0.280 e. The molecule has 1 fully saturated rings. The second-order valence-corrected chi connectivity index (χ2v) is 10.5. The molecule has 0 saturated carbocycles. The Kier molecular flexibility index (Phi) is 7.02. The molecule has 210 valence electrons. The second kappa shape index (κ2) is 10.8. The molecule has 2 aliphatic rings. The lowest BCUT2D eigenvalue weighted by molar-refractivity contribution is -0.189. The van der Waals surface area contributed by atoms with Crippen LogP contribution in [0, 0.1) is 0 Å². The van der Waals surface area contributed by atoms with E-state index < -0.39 is 23.6 Å². The Morgan fingerprint density at radius 2 is 1.85 bits per heavy atom. The number of nitrogens with two attached hydrogens (primary N) is 1. The third kappa shape index (κ3) is 4.96. The Morgan fingerprint density at radius 3 is 2.59 bits per heavy atom. The van der Waals surface area contributed by atoms with Crippen LogP contribution in [0.2, 0.25) is 0 Å². The van der Waals surface area contributed by atoms with E-state index in [0.717, 1.165) is 28.1 Å². The van der Waals surface area contributed by atoms with Gasteiger partial charge in [-0.05, 0) is 47.7 Å². The first kappa shape index (κ1) is 26.7. The molecule has 4 aromatic rings. The number of fused-ring (bicyclic) bond motifs is 3. The van der Waals surface area contributed by atoms with Gasteiger partial charge in [0.25, 0.3) is 17.6 Å². The minimum Gasteiger partial charge on any atom is -0.488 e.